The van der Waals surface area contributed by atoms with Gasteiger partial charge in [-0.2, -0.15) is 0 Å². The van der Waals surface area contributed by atoms with Crippen molar-refractivity contribution in [2.45, 2.75) is 130 Å². The Balaban J connectivity index is 1.77. The number of phenols is 2. The highest BCUT2D eigenvalue weighted by Crippen LogP contribution is 2.43. The van der Waals surface area contributed by atoms with Crippen molar-refractivity contribution >= 4 is 31.9 Å². The van der Waals surface area contributed by atoms with Crippen LogP contribution in [0.5, 0.6) is 34.5 Å². The Bertz CT molecular complexity index is 1510. The van der Waals surface area contributed by atoms with Gasteiger partial charge in [0.25, 0.3) is 0 Å². The molecule has 0 aromatic heterocycles. The van der Waals surface area contributed by atoms with Crippen LogP contribution in [0.1, 0.15) is 149 Å². The Hall–Kier alpha value is -3.36. The lowest BCUT2D eigenvalue weighted by atomic mass is 9.91. The third-order valence-corrected chi connectivity index (χ3v) is 11.3. The lowest BCUT2D eigenvalue weighted by molar-refractivity contribution is 0.294. The fraction of sp³-hybridized carbons (Fsp3) is 0.500. The minimum atomic E-state index is 0.202. The van der Waals surface area contributed by atoms with Crippen molar-refractivity contribution in [1.82, 2.24) is 0 Å². The number of hydrogen-bond donors (Lipinski definition) is 2. The summed E-state index contributed by atoms with van der Waals surface area (Å²) in [6.45, 7) is 11.2. The van der Waals surface area contributed by atoms with E-state index in [-0.39, 0.29) is 11.5 Å². The first-order valence-electron chi connectivity index (χ1n) is 21.1. The van der Waals surface area contributed by atoms with E-state index in [0.29, 0.717) is 52.1 Å². The Labute approximate surface area is 352 Å². The highest BCUT2D eigenvalue weighted by molar-refractivity contribution is 9.10. The molecule has 0 spiro atoms. The normalized spacial score (nSPS) is 12.4. The molecule has 8 heteroatoms. The van der Waals surface area contributed by atoms with Gasteiger partial charge in [-0.25, -0.2) is 0 Å². The molecule has 0 fully saturated rings. The molecular formula is C48H62Br2O6. The first kappa shape index (κ1) is 43.8. The van der Waals surface area contributed by atoms with Crippen molar-refractivity contribution in [3.8, 4) is 34.5 Å². The van der Waals surface area contributed by atoms with Gasteiger partial charge >= 0.3 is 0 Å². The fourth-order valence-electron chi connectivity index (χ4n) is 7.61. The SMILES string of the molecule is CCCCCOc1c2cc(O)cc1Cc1cc(Br)cc(c1OCCCCC)Cc1cc(O)cc(c1OCCCCC)Cc1cc(Br)cc(c1OCCCCC)C2. The number of hydrogen-bond acceptors (Lipinski definition) is 6. The van der Waals surface area contributed by atoms with Gasteiger partial charge in [-0.3, -0.25) is 0 Å². The van der Waals surface area contributed by atoms with E-state index in [1.165, 1.54) is 0 Å². The van der Waals surface area contributed by atoms with Crippen LogP contribution in [0.4, 0.5) is 0 Å². The second-order valence-corrected chi connectivity index (χ2v) is 17.1. The number of ether oxygens (including phenoxy) is 4. The van der Waals surface area contributed by atoms with Gasteiger partial charge in [-0.15, -0.1) is 0 Å². The van der Waals surface area contributed by atoms with E-state index in [0.717, 1.165) is 154 Å². The maximum absolute atomic E-state index is 11.4. The third kappa shape index (κ3) is 12.3. The number of aromatic hydroxyl groups is 2. The van der Waals surface area contributed by atoms with Gasteiger partial charge in [-0.1, -0.05) is 111 Å². The zero-order chi connectivity index (χ0) is 39.9. The summed E-state index contributed by atoms with van der Waals surface area (Å²) in [4.78, 5) is 0. The summed E-state index contributed by atoms with van der Waals surface area (Å²) in [6, 6.07) is 15.9. The maximum Gasteiger partial charge on any atom is 0.126 e. The summed E-state index contributed by atoms with van der Waals surface area (Å²) >= 11 is 7.70. The minimum Gasteiger partial charge on any atom is -0.508 e. The maximum atomic E-state index is 11.4. The summed E-state index contributed by atoms with van der Waals surface area (Å²) in [5.74, 6) is 3.68. The van der Waals surface area contributed by atoms with E-state index in [2.05, 4.69) is 83.8 Å². The number of unbranched alkanes of at least 4 members (excludes halogenated alkanes) is 8. The molecule has 1 aliphatic carbocycles. The van der Waals surface area contributed by atoms with Crippen LogP contribution in [0.25, 0.3) is 0 Å². The standard InChI is InChI=1S/C48H62Br2O6/c1-5-9-13-17-53-45-33-21-37-29-43(51)31-39(47(37)55-19-15-11-7-3)23-35-27-42(50)28-36(46(35)54-18-14-10-6-2)24-40-32-44(52)30-38(22-34(45)26-41(49)25-33)48(40)56-20-16-12-8-4/h25-32,51-52H,5-24H2,1-4H3. The summed E-state index contributed by atoms with van der Waals surface area (Å²) in [7, 11) is 0. The lowest BCUT2D eigenvalue weighted by Crippen LogP contribution is -2.10. The molecule has 8 bridgehead atoms. The minimum absolute atomic E-state index is 0.202. The smallest absolute Gasteiger partial charge is 0.126 e. The van der Waals surface area contributed by atoms with Gasteiger partial charge in [0.15, 0.2) is 0 Å². The second-order valence-electron chi connectivity index (χ2n) is 15.2. The molecule has 0 amide bonds. The quantitative estimate of drug-likeness (QED) is 0.0758. The fourth-order valence-corrected chi connectivity index (χ4v) is 8.72. The number of halogens is 2. The van der Waals surface area contributed by atoms with Gasteiger partial charge in [0.1, 0.15) is 34.5 Å². The number of phenolic OH excluding ortho intramolecular Hbond substituents is 2. The van der Waals surface area contributed by atoms with Crippen LogP contribution in [-0.2, 0) is 25.7 Å². The van der Waals surface area contributed by atoms with Crippen LogP contribution >= 0.6 is 31.9 Å². The monoisotopic (exact) mass is 892 g/mol. The highest BCUT2D eigenvalue weighted by atomic mass is 79.9. The average Bonchev–Trinajstić information content (AvgIpc) is 3.15. The zero-order valence-electron chi connectivity index (χ0n) is 34.0. The van der Waals surface area contributed by atoms with E-state index < -0.39 is 0 Å². The molecule has 0 aliphatic heterocycles. The summed E-state index contributed by atoms with van der Waals surface area (Å²) < 4.78 is 28.8. The van der Waals surface area contributed by atoms with E-state index in [1.807, 2.05) is 24.3 Å². The zero-order valence-corrected chi connectivity index (χ0v) is 37.2. The Morgan fingerprint density at radius 1 is 0.375 bits per heavy atom. The molecule has 5 rings (SSSR count). The topological polar surface area (TPSA) is 77.4 Å². The molecule has 0 saturated carbocycles. The predicted octanol–water partition coefficient (Wildman–Crippen LogP) is 13.6. The molecule has 56 heavy (non-hydrogen) atoms. The molecule has 0 atom stereocenters. The van der Waals surface area contributed by atoms with Gasteiger partial charge in [0.05, 0.1) is 26.4 Å². The van der Waals surface area contributed by atoms with E-state index in [4.69, 9.17) is 18.9 Å². The molecule has 0 unspecified atom stereocenters. The van der Waals surface area contributed by atoms with Crippen LogP contribution in [-0.4, -0.2) is 36.6 Å². The Morgan fingerprint density at radius 3 is 0.804 bits per heavy atom. The molecule has 4 aromatic carbocycles. The Morgan fingerprint density at radius 2 is 0.589 bits per heavy atom. The average molecular weight is 895 g/mol. The van der Waals surface area contributed by atoms with Gasteiger partial charge < -0.3 is 29.2 Å². The molecule has 1 aliphatic rings. The summed E-state index contributed by atoms with van der Waals surface area (Å²) in [5.41, 5.74) is 7.65. The number of fused-ring (bicyclic) bond motifs is 8. The molecule has 0 radical (unpaired) electrons. The van der Waals surface area contributed by atoms with Crippen molar-refractivity contribution < 1.29 is 29.2 Å². The molecule has 0 heterocycles. The van der Waals surface area contributed by atoms with Crippen LogP contribution < -0.4 is 18.9 Å². The summed E-state index contributed by atoms with van der Waals surface area (Å²) in [5, 5.41) is 22.7. The van der Waals surface area contributed by atoms with Crippen molar-refractivity contribution in [3.05, 3.63) is 102 Å². The second kappa shape index (κ2) is 22.5. The van der Waals surface area contributed by atoms with Crippen molar-refractivity contribution in [1.29, 1.82) is 0 Å². The van der Waals surface area contributed by atoms with Gasteiger partial charge in [0.2, 0.25) is 0 Å². The lowest BCUT2D eigenvalue weighted by Gasteiger charge is -2.24. The summed E-state index contributed by atoms with van der Waals surface area (Å²) in [6.07, 6.45) is 14.5. The molecule has 6 nitrogen and oxygen atoms in total. The van der Waals surface area contributed by atoms with Crippen LogP contribution in [0.3, 0.4) is 0 Å². The highest BCUT2D eigenvalue weighted by Gasteiger charge is 2.24. The predicted molar refractivity (Wildman–Crippen MR) is 236 cm³/mol. The van der Waals surface area contributed by atoms with Gasteiger partial charge in [0, 0.05) is 79.1 Å². The van der Waals surface area contributed by atoms with E-state index in [9.17, 15) is 10.2 Å². The first-order valence-corrected chi connectivity index (χ1v) is 22.7. The van der Waals surface area contributed by atoms with Crippen molar-refractivity contribution in [3.63, 3.8) is 0 Å². The van der Waals surface area contributed by atoms with Gasteiger partial charge in [-0.05, 0) is 74.2 Å². The number of rotatable bonds is 20. The van der Waals surface area contributed by atoms with E-state index in [1.54, 1.807) is 0 Å². The van der Waals surface area contributed by atoms with Crippen molar-refractivity contribution in [2.24, 2.45) is 0 Å². The molecule has 304 valence electrons. The Kier molecular flexibility index (Phi) is 17.6. The first-order chi connectivity index (χ1) is 27.2. The van der Waals surface area contributed by atoms with Crippen LogP contribution in [0.15, 0.2) is 57.5 Å². The van der Waals surface area contributed by atoms with Crippen LogP contribution in [0, 0.1) is 0 Å². The van der Waals surface area contributed by atoms with Crippen LogP contribution in [0.2, 0.25) is 0 Å². The number of benzene rings is 4. The molecule has 4 aromatic rings. The molecule has 2 N–H and O–H groups in total. The van der Waals surface area contributed by atoms with E-state index >= 15 is 0 Å². The molecule has 0 saturated heterocycles. The molecular weight excluding hydrogens is 832 g/mol. The van der Waals surface area contributed by atoms with Crippen molar-refractivity contribution in [2.75, 3.05) is 26.4 Å². The third-order valence-electron chi connectivity index (χ3n) is 10.4. The largest absolute Gasteiger partial charge is 0.508 e.